The Morgan fingerprint density at radius 1 is 1.05 bits per heavy atom. The molecule has 0 aliphatic heterocycles. The standard InChI is InChI=1S/C14H12ClN3S/c15-14-17-16-13(11-5-2-1-3-6-11)18(14)9-8-12-7-4-10-19-12/h1-7,10H,8-9H2. The summed E-state index contributed by atoms with van der Waals surface area (Å²) in [4.78, 5) is 1.34. The van der Waals surface area contributed by atoms with Gasteiger partial charge in [-0.05, 0) is 29.5 Å². The Balaban J connectivity index is 1.87. The van der Waals surface area contributed by atoms with Crippen molar-refractivity contribution in [3.63, 3.8) is 0 Å². The number of halogens is 1. The van der Waals surface area contributed by atoms with E-state index in [1.165, 1.54) is 4.88 Å². The number of nitrogens with zero attached hydrogens (tertiary/aromatic N) is 3. The Morgan fingerprint density at radius 2 is 1.89 bits per heavy atom. The zero-order chi connectivity index (χ0) is 13.1. The van der Waals surface area contributed by atoms with Crippen molar-refractivity contribution in [2.45, 2.75) is 13.0 Å². The first-order valence-electron chi connectivity index (χ1n) is 6.01. The Labute approximate surface area is 120 Å². The van der Waals surface area contributed by atoms with E-state index in [1.807, 2.05) is 34.9 Å². The first-order chi connectivity index (χ1) is 9.34. The summed E-state index contributed by atoms with van der Waals surface area (Å²) < 4.78 is 1.95. The second-order valence-electron chi connectivity index (χ2n) is 4.14. The van der Waals surface area contributed by atoms with Crippen molar-refractivity contribution < 1.29 is 0 Å². The Hall–Kier alpha value is -1.65. The molecule has 0 amide bonds. The highest BCUT2D eigenvalue weighted by atomic mass is 35.5. The molecule has 5 heteroatoms. The summed E-state index contributed by atoms with van der Waals surface area (Å²) in [6.07, 6.45) is 0.940. The van der Waals surface area contributed by atoms with Gasteiger partial charge in [-0.1, -0.05) is 36.4 Å². The van der Waals surface area contributed by atoms with Crippen molar-refractivity contribution >= 4 is 22.9 Å². The Morgan fingerprint density at radius 3 is 2.63 bits per heavy atom. The average Bonchev–Trinajstić information content (AvgIpc) is 3.07. The van der Waals surface area contributed by atoms with E-state index in [0.29, 0.717) is 5.28 Å². The van der Waals surface area contributed by atoms with Gasteiger partial charge in [-0.15, -0.1) is 21.5 Å². The third-order valence-electron chi connectivity index (χ3n) is 2.90. The van der Waals surface area contributed by atoms with Gasteiger partial charge in [-0.2, -0.15) is 0 Å². The molecule has 0 bridgehead atoms. The highest BCUT2D eigenvalue weighted by Gasteiger charge is 2.11. The number of hydrogen-bond acceptors (Lipinski definition) is 3. The average molecular weight is 290 g/mol. The summed E-state index contributed by atoms with van der Waals surface area (Å²) in [7, 11) is 0. The van der Waals surface area contributed by atoms with Gasteiger partial charge in [0.15, 0.2) is 5.82 Å². The predicted molar refractivity (Wildman–Crippen MR) is 78.5 cm³/mol. The van der Waals surface area contributed by atoms with Gasteiger partial charge in [-0.3, -0.25) is 4.57 Å². The summed E-state index contributed by atoms with van der Waals surface area (Å²) in [5.74, 6) is 0.821. The molecule has 0 aliphatic rings. The highest BCUT2D eigenvalue weighted by Crippen LogP contribution is 2.21. The van der Waals surface area contributed by atoms with Gasteiger partial charge < -0.3 is 0 Å². The molecule has 0 saturated heterocycles. The molecule has 2 aromatic heterocycles. The zero-order valence-corrected chi connectivity index (χ0v) is 11.7. The lowest BCUT2D eigenvalue weighted by molar-refractivity contribution is 0.707. The van der Waals surface area contributed by atoms with E-state index >= 15 is 0 Å². The van der Waals surface area contributed by atoms with Crippen molar-refractivity contribution in [2.24, 2.45) is 0 Å². The number of rotatable bonds is 4. The molecular weight excluding hydrogens is 278 g/mol. The molecule has 0 N–H and O–H groups in total. The fraction of sp³-hybridized carbons (Fsp3) is 0.143. The summed E-state index contributed by atoms with van der Waals surface area (Å²) in [5, 5.41) is 10.7. The van der Waals surface area contributed by atoms with Crippen LogP contribution in [0, 0.1) is 0 Å². The molecule has 0 fully saturated rings. The molecule has 3 aromatic rings. The molecule has 0 saturated carbocycles. The summed E-state index contributed by atoms with van der Waals surface area (Å²) in [6, 6.07) is 14.2. The topological polar surface area (TPSA) is 30.7 Å². The maximum Gasteiger partial charge on any atom is 0.225 e. The monoisotopic (exact) mass is 289 g/mol. The third kappa shape index (κ3) is 2.69. The molecule has 3 rings (SSSR count). The number of aromatic nitrogens is 3. The van der Waals surface area contributed by atoms with Gasteiger partial charge in [0.25, 0.3) is 0 Å². The van der Waals surface area contributed by atoms with Gasteiger partial charge in [0.05, 0.1) is 0 Å². The fourth-order valence-electron chi connectivity index (χ4n) is 1.96. The van der Waals surface area contributed by atoms with Crippen molar-refractivity contribution in [3.05, 3.63) is 58.0 Å². The number of hydrogen-bond donors (Lipinski definition) is 0. The highest BCUT2D eigenvalue weighted by molar-refractivity contribution is 7.09. The van der Waals surface area contributed by atoms with Gasteiger partial charge in [0.2, 0.25) is 5.28 Å². The second-order valence-corrected chi connectivity index (χ2v) is 5.51. The van der Waals surface area contributed by atoms with Crippen LogP contribution in [0.3, 0.4) is 0 Å². The van der Waals surface area contributed by atoms with Crippen LogP contribution in [0.4, 0.5) is 0 Å². The van der Waals surface area contributed by atoms with E-state index in [-0.39, 0.29) is 0 Å². The lowest BCUT2D eigenvalue weighted by Gasteiger charge is -2.06. The lowest BCUT2D eigenvalue weighted by Crippen LogP contribution is -2.03. The summed E-state index contributed by atoms with van der Waals surface area (Å²) in [6.45, 7) is 0.788. The quantitative estimate of drug-likeness (QED) is 0.729. The van der Waals surface area contributed by atoms with Gasteiger partial charge >= 0.3 is 0 Å². The van der Waals surface area contributed by atoms with Crippen LogP contribution in [-0.2, 0) is 13.0 Å². The van der Waals surface area contributed by atoms with E-state index in [0.717, 1.165) is 24.4 Å². The minimum absolute atomic E-state index is 0.440. The van der Waals surface area contributed by atoms with Gasteiger partial charge in [-0.25, -0.2) is 0 Å². The first-order valence-corrected chi connectivity index (χ1v) is 7.27. The first kappa shape index (κ1) is 12.4. The Bertz CT molecular complexity index is 647. The largest absolute Gasteiger partial charge is 0.297 e. The third-order valence-corrected chi connectivity index (χ3v) is 4.12. The van der Waals surface area contributed by atoms with Crippen LogP contribution >= 0.6 is 22.9 Å². The van der Waals surface area contributed by atoms with E-state index in [1.54, 1.807) is 11.3 Å². The molecular formula is C14H12ClN3S. The molecule has 0 radical (unpaired) electrons. The van der Waals surface area contributed by atoms with E-state index in [2.05, 4.69) is 27.7 Å². The minimum atomic E-state index is 0.440. The normalized spacial score (nSPS) is 10.8. The van der Waals surface area contributed by atoms with Crippen LogP contribution in [-0.4, -0.2) is 14.8 Å². The van der Waals surface area contributed by atoms with Crippen LogP contribution in [0.15, 0.2) is 47.8 Å². The Kier molecular flexibility index (Phi) is 3.62. The fourth-order valence-corrected chi connectivity index (χ4v) is 2.86. The van der Waals surface area contributed by atoms with Gasteiger partial charge in [0, 0.05) is 17.0 Å². The molecule has 0 spiro atoms. The smallest absolute Gasteiger partial charge is 0.225 e. The van der Waals surface area contributed by atoms with Crippen LogP contribution in [0.2, 0.25) is 5.28 Å². The number of benzene rings is 1. The van der Waals surface area contributed by atoms with Crippen molar-refractivity contribution in [2.75, 3.05) is 0 Å². The predicted octanol–water partition coefficient (Wildman–Crippen LogP) is 3.90. The maximum atomic E-state index is 6.13. The zero-order valence-electron chi connectivity index (χ0n) is 10.2. The molecule has 0 aliphatic carbocycles. The van der Waals surface area contributed by atoms with Crippen molar-refractivity contribution in [1.82, 2.24) is 14.8 Å². The lowest BCUT2D eigenvalue weighted by atomic mass is 10.2. The molecule has 96 valence electrons. The number of thiophene rings is 1. The molecule has 0 atom stereocenters. The van der Waals surface area contributed by atoms with Crippen LogP contribution in [0.1, 0.15) is 4.88 Å². The molecule has 3 nitrogen and oxygen atoms in total. The molecule has 19 heavy (non-hydrogen) atoms. The van der Waals surface area contributed by atoms with Crippen LogP contribution in [0.5, 0.6) is 0 Å². The van der Waals surface area contributed by atoms with E-state index in [4.69, 9.17) is 11.6 Å². The second kappa shape index (κ2) is 5.55. The summed E-state index contributed by atoms with van der Waals surface area (Å²) >= 11 is 7.88. The minimum Gasteiger partial charge on any atom is -0.297 e. The van der Waals surface area contributed by atoms with Crippen molar-refractivity contribution in [1.29, 1.82) is 0 Å². The van der Waals surface area contributed by atoms with Crippen molar-refractivity contribution in [3.8, 4) is 11.4 Å². The van der Waals surface area contributed by atoms with E-state index in [9.17, 15) is 0 Å². The maximum absolute atomic E-state index is 6.13. The SMILES string of the molecule is Clc1nnc(-c2ccccc2)n1CCc1cccs1. The molecule has 0 unspecified atom stereocenters. The number of aryl methyl sites for hydroxylation is 1. The van der Waals surface area contributed by atoms with E-state index < -0.39 is 0 Å². The molecule has 2 heterocycles. The van der Waals surface area contributed by atoms with Gasteiger partial charge in [0.1, 0.15) is 0 Å². The van der Waals surface area contributed by atoms with Crippen LogP contribution in [0.25, 0.3) is 11.4 Å². The van der Waals surface area contributed by atoms with Crippen LogP contribution < -0.4 is 0 Å². The summed E-state index contributed by atoms with van der Waals surface area (Å²) in [5.41, 5.74) is 1.04. The molecule has 1 aromatic carbocycles.